The molecule has 1 fully saturated rings. The van der Waals surface area contributed by atoms with Crippen molar-refractivity contribution >= 4 is 17.9 Å². The molecule has 0 saturated carbocycles. The fourth-order valence-electron chi connectivity index (χ4n) is 2.68. The van der Waals surface area contributed by atoms with Crippen LogP contribution in [0, 0.1) is 11.8 Å². The van der Waals surface area contributed by atoms with E-state index >= 15 is 0 Å². The number of esters is 3. The number of cyclic esters (lactones) is 2. The van der Waals surface area contributed by atoms with Gasteiger partial charge in [0.2, 0.25) is 6.04 Å². The van der Waals surface area contributed by atoms with Gasteiger partial charge in [0.15, 0.2) is 12.7 Å². The summed E-state index contributed by atoms with van der Waals surface area (Å²) in [6.07, 6.45) is -1.43. The largest absolute Gasteiger partial charge is 0.458 e. The molecular weight excluding hydrogens is 338 g/mol. The van der Waals surface area contributed by atoms with Gasteiger partial charge in [-0.25, -0.2) is 4.79 Å². The predicted molar refractivity (Wildman–Crippen MR) is 91.5 cm³/mol. The van der Waals surface area contributed by atoms with E-state index in [1.54, 1.807) is 20.8 Å². The highest BCUT2D eigenvalue weighted by Crippen LogP contribution is 2.24. The van der Waals surface area contributed by atoms with E-state index in [9.17, 15) is 14.4 Å². The molecule has 7 heteroatoms. The molecule has 0 radical (unpaired) electrons. The van der Waals surface area contributed by atoms with Gasteiger partial charge < -0.3 is 19.9 Å². The zero-order valence-electron chi connectivity index (χ0n) is 15.3. The van der Waals surface area contributed by atoms with Crippen molar-refractivity contribution in [3.8, 4) is 0 Å². The topological polar surface area (TPSA) is 107 Å². The molecule has 26 heavy (non-hydrogen) atoms. The lowest BCUT2D eigenvalue weighted by molar-refractivity contribution is -0.413. The van der Waals surface area contributed by atoms with E-state index in [1.807, 2.05) is 30.3 Å². The van der Waals surface area contributed by atoms with Gasteiger partial charge in [0, 0.05) is 0 Å². The van der Waals surface area contributed by atoms with Gasteiger partial charge in [-0.05, 0) is 18.9 Å². The van der Waals surface area contributed by atoms with Gasteiger partial charge in [-0.3, -0.25) is 9.59 Å². The van der Waals surface area contributed by atoms with Crippen molar-refractivity contribution in [3.63, 3.8) is 0 Å². The van der Waals surface area contributed by atoms with E-state index in [0.717, 1.165) is 5.56 Å². The van der Waals surface area contributed by atoms with E-state index in [-0.39, 0.29) is 12.5 Å². The van der Waals surface area contributed by atoms with Crippen molar-refractivity contribution in [2.45, 2.75) is 45.4 Å². The molecule has 1 saturated heterocycles. The molecule has 2 rings (SSSR count). The number of hydrogen-bond acceptors (Lipinski definition) is 6. The van der Waals surface area contributed by atoms with Gasteiger partial charge in [0.1, 0.15) is 12.0 Å². The Balaban J connectivity index is 2.34. The van der Waals surface area contributed by atoms with Crippen LogP contribution in [0.4, 0.5) is 0 Å². The van der Waals surface area contributed by atoms with Crippen LogP contribution in [-0.4, -0.2) is 42.8 Å². The number of ether oxygens (including phenoxy) is 3. The van der Waals surface area contributed by atoms with E-state index in [4.69, 9.17) is 14.2 Å². The second-order valence-corrected chi connectivity index (χ2v) is 6.82. The summed E-state index contributed by atoms with van der Waals surface area (Å²) in [5, 5.41) is 0. The lowest BCUT2D eigenvalue weighted by Gasteiger charge is -2.29. The van der Waals surface area contributed by atoms with Crippen LogP contribution >= 0.6 is 0 Å². The molecule has 0 spiro atoms. The molecule has 0 amide bonds. The minimum absolute atomic E-state index is 0.166. The van der Waals surface area contributed by atoms with Gasteiger partial charge in [-0.15, -0.1) is 0 Å². The Hall–Kier alpha value is -2.41. The highest BCUT2D eigenvalue weighted by molar-refractivity contribution is 5.78. The molecule has 4 atom stereocenters. The molecule has 1 heterocycles. The summed E-state index contributed by atoms with van der Waals surface area (Å²) in [5.41, 5.74) is 4.55. The Morgan fingerprint density at radius 1 is 1.23 bits per heavy atom. The average Bonchev–Trinajstić information content (AvgIpc) is 2.64. The first-order chi connectivity index (χ1) is 12.3. The molecule has 1 aliphatic heterocycles. The highest BCUT2D eigenvalue weighted by Gasteiger charge is 2.41. The summed E-state index contributed by atoms with van der Waals surface area (Å²) in [7, 11) is 0. The van der Waals surface area contributed by atoms with Crippen LogP contribution in [-0.2, 0) is 35.0 Å². The Kier molecular flexibility index (Phi) is 6.74. The average molecular weight is 364 g/mol. The van der Waals surface area contributed by atoms with Crippen molar-refractivity contribution < 1.29 is 34.3 Å². The maximum absolute atomic E-state index is 12.7. The molecule has 0 aromatic heterocycles. The molecule has 1 aromatic carbocycles. The number of rotatable bonds is 4. The molecule has 1 aliphatic rings. The third-order valence-corrected chi connectivity index (χ3v) is 4.25. The Labute approximate surface area is 152 Å². The fraction of sp³-hybridized carbons (Fsp3) is 0.526. The maximum atomic E-state index is 12.7. The van der Waals surface area contributed by atoms with Crippen LogP contribution < -0.4 is 5.73 Å². The third kappa shape index (κ3) is 5.05. The fourth-order valence-corrected chi connectivity index (χ4v) is 2.68. The quantitative estimate of drug-likeness (QED) is 0.616. The number of benzene rings is 1. The molecule has 0 unspecified atom stereocenters. The zero-order valence-corrected chi connectivity index (χ0v) is 15.3. The van der Waals surface area contributed by atoms with E-state index in [2.05, 4.69) is 5.73 Å². The highest BCUT2D eigenvalue weighted by atomic mass is 16.6. The standard InChI is InChI=1S/C19H25NO6/c1-11(2)17(21)26-16-12(3)25-19(23)15(20)10-24-18(22)14(16)9-13-7-5-4-6-8-13/h4-8,11-12,14-16H,9-10,20H2,1-3H3/p+1/t12-,14+,15-,16-/m0/s1. The third-order valence-electron chi connectivity index (χ3n) is 4.25. The van der Waals surface area contributed by atoms with Crippen LogP contribution in [0.3, 0.4) is 0 Å². The molecular formula is C19H26NO6+. The number of quaternary nitrogens is 1. The number of carbonyl (C=O) groups is 3. The lowest BCUT2D eigenvalue weighted by Crippen LogP contribution is -2.67. The summed E-state index contributed by atoms with van der Waals surface area (Å²) in [5.74, 6) is -2.74. The minimum Gasteiger partial charge on any atom is -0.458 e. The second kappa shape index (κ2) is 8.80. The van der Waals surface area contributed by atoms with Crippen molar-refractivity contribution in [1.29, 1.82) is 0 Å². The van der Waals surface area contributed by atoms with Gasteiger partial charge in [-0.1, -0.05) is 44.2 Å². The van der Waals surface area contributed by atoms with Crippen molar-refractivity contribution in [2.24, 2.45) is 11.8 Å². The SMILES string of the molecule is CC(C)C(=O)O[C@H]1[C@H](C)OC(=O)[C@@H]([NH3+])COC(=O)[C@@H]1Cc1ccccc1. The molecule has 142 valence electrons. The Morgan fingerprint density at radius 3 is 2.50 bits per heavy atom. The molecule has 3 N–H and O–H groups in total. The van der Waals surface area contributed by atoms with Crippen molar-refractivity contribution in [1.82, 2.24) is 0 Å². The summed E-state index contributed by atoms with van der Waals surface area (Å²) in [4.78, 5) is 36.9. The zero-order chi connectivity index (χ0) is 19.3. The summed E-state index contributed by atoms with van der Waals surface area (Å²) in [6.45, 7) is 4.84. The molecule has 1 aromatic rings. The number of carbonyl (C=O) groups excluding carboxylic acids is 3. The van der Waals surface area contributed by atoms with Crippen molar-refractivity contribution in [3.05, 3.63) is 35.9 Å². The molecule has 0 bridgehead atoms. The lowest BCUT2D eigenvalue weighted by atomic mass is 9.91. The van der Waals surface area contributed by atoms with Gasteiger partial charge in [0.25, 0.3) is 0 Å². The van der Waals surface area contributed by atoms with Crippen LogP contribution in [0.25, 0.3) is 0 Å². The Morgan fingerprint density at radius 2 is 1.88 bits per heavy atom. The van der Waals surface area contributed by atoms with Crippen LogP contribution in [0.5, 0.6) is 0 Å². The first-order valence-corrected chi connectivity index (χ1v) is 8.74. The van der Waals surface area contributed by atoms with Crippen LogP contribution in [0.15, 0.2) is 30.3 Å². The van der Waals surface area contributed by atoms with Crippen LogP contribution in [0.2, 0.25) is 0 Å². The minimum atomic E-state index is -0.938. The normalized spacial score (nSPS) is 27.0. The summed E-state index contributed by atoms with van der Waals surface area (Å²) in [6, 6.07) is 8.53. The first-order valence-electron chi connectivity index (χ1n) is 8.74. The van der Waals surface area contributed by atoms with Crippen LogP contribution in [0.1, 0.15) is 26.3 Å². The molecule has 0 aliphatic carbocycles. The monoisotopic (exact) mass is 364 g/mol. The Bertz CT molecular complexity index is 645. The number of hydrogen-bond donors (Lipinski definition) is 1. The predicted octanol–water partition coefficient (Wildman–Crippen LogP) is 0.512. The smallest absolute Gasteiger partial charge is 0.368 e. The van der Waals surface area contributed by atoms with Crippen molar-refractivity contribution in [2.75, 3.05) is 6.61 Å². The van der Waals surface area contributed by atoms with Gasteiger partial charge in [0.05, 0.1) is 5.92 Å². The molecule has 7 nitrogen and oxygen atoms in total. The second-order valence-electron chi connectivity index (χ2n) is 6.82. The van der Waals surface area contributed by atoms with E-state index < -0.39 is 42.1 Å². The van der Waals surface area contributed by atoms with Gasteiger partial charge in [-0.2, -0.15) is 0 Å². The summed E-state index contributed by atoms with van der Waals surface area (Å²) >= 11 is 0. The summed E-state index contributed by atoms with van der Waals surface area (Å²) < 4.78 is 16.2. The first kappa shape index (κ1) is 19.9. The van der Waals surface area contributed by atoms with Gasteiger partial charge >= 0.3 is 17.9 Å². The van der Waals surface area contributed by atoms with E-state index in [1.165, 1.54) is 0 Å². The maximum Gasteiger partial charge on any atom is 0.368 e. The van der Waals surface area contributed by atoms with E-state index in [0.29, 0.717) is 6.42 Å².